The molecule has 0 saturated carbocycles. The third kappa shape index (κ3) is 3.19. The molecule has 1 saturated heterocycles. The second kappa shape index (κ2) is 7.46. The lowest BCUT2D eigenvalue weighted by Gasteiger charge is -2.40. The first-order chi connectivity index (χ1) is 14.6. The van der Waals surface area contributed by atoms with E-state index in [9.17, 15) is 9.59 Å². The Bertz CT molecular complexity index is 1140. The van der Waals surface area contributed by atoms with Crippen LogP contribution in [0.4, 0.5) is 10.5 Å². The zero-order valence-electron chi connectivity index (χ0n) is 16.1. The molecule has 7 nitrogen and oxygen atoms in total. The second-order valence-electron chi connectivity index (χ2n) is 7.18. The molecule has 3 amide bonds. The summed E-state index contributed by atoms with van der Waals surface area (Å²) in [5.74, 6) is 0.585. The van der Waals surface area contributed by atoms with Gasteiger partial charge in [0.05, 0.1) is 11.7 Å². The molecule has 1 aromatic heterocycles. The summed E-state index contributed by atoms with van der Waals surface area (Å²) < 4.78 is 5.44. The molecule has 0 spiro atoms. The lowest BCUT2D eigenvalue weighted by atomic mass is 10.1. The Balaban J connectivity index is 1.45. The number of thioether (sulfide) groups is 1. The van der Waals surface area contributed by atoms with Crippen molar-refractivity contribution < 1.29 is 14.1 Å². The Hall–Kier alpha value is -3.39. The number of urea groups is 1. The summed E-state index contributed by atoms with van der Waals surface area (Å²) in [5, 5.41) is 5.55. The molecule has 3 aromatic rings. The summed E-state index contributed by atoms with van der Waals surface area (Å²) in [6.07, 6.45) is 1.88. The van der Waals surface area contributed by atoms with Gasteiger partial charge in [-0.15, -0.1) is 11.8 Å². The smallest absolute Gasteiger partial charge is 0.332 e. The standard InChI is InChI=1S/C22H18N4O3S/c1-14-6-5-7-15(12-14)20-23-18(29-24-20)13-25-17-10-11-30-19(17)21(27)26(22(25)28)16-8-3-2-4-9-16/h2-12,17,19H,13H2,1H3. The summed E-state index contributed by atoms with van der Waals surface area (Å²) in [5.41, 5.74) is 2.50. The molecule has 3 heterocycles. The number of aryl methyl sites for hydroxylation is 1. The largest absolute Gasteiger partial charge is 0.337 e. The van der Waals surface area contributed by atoms with Crippen LogP contribution in [0.2, 0.25) is 0 Å². The molecule has 0 bridgehead atoms. The van der Waals surface area contributed by atoms with Crippen molar-refractivity contribution in [2.75, 3.05) is 4.90 Å². The van der Waals surface area contributed by atoms with Crippen molar-refractivity contribution in [1.82, 2.24) is 15.0 Å². The highest BCUT2D eigenvalue weighted by Gasteiger charge is 2.48. The van der Waals surface area contributed by atoms with Gasteiger partial charge in [0.25, 0.3) is 5.91 Å². The summed E-state index contributed by atoms with van der Waals surface area (Å²) in [6, 6.07) is 16.0. The summed E-state index contributed by atoms with van der Waals surface area (Å²) >= 11 is 1.42. The first kappa shape index (κ1) is 18.6. The van der Waals surface area contributed by atoms with Crippen LogP contribution in [0, 0.1) is 6.92 Å². The fraction of sp³-hybridized carbons (Fsp3) is 0.182. The number of amides is 3. The molecular formula is C22H18N4O3S. The predicted molar refractivity (Wildman–Crippen MR) is 114 cm³/mol. The van der Waals surface area contributed by atoms with Gasteiger partial charge in [0.15, 0.2) is 0 Å². The second-order valence-corrected chi connectivity index (χ2v) is 8.23. The minimum atomic E-state index is -0.394. The molecule has 150 valence electrons. The Kier molecular flexibility index (Phi) is 4.63. The van der Waals surface area contributed by atoms with Gasteiger partial charge in [-0.1, -0.05) is 53.2 Å². The fourth-order valence-corrected chi connectivity index (χ4v) is 4.74. The normalized spacial score (nSPS) is 20.7. The van der Waals surface area contributed by atoms with E-state index >= 15 is 0 Å². The van der Waals surface area contributed by atoms with Crippen LogP contribution in [-0.4, -0.2) is 38.3 Å². The van der Waals surface area contributed by atoms with Gasteiger partial charge < -0.3 is 9.42 Å². The molecule has 5 rings (SSSR count). The van der Waals surface area contributed by atoms with E-state index in [2.05, 4.69) is 10.1 Å². The first-order valence-corrected chi connectivity index (χ1v) is 10.5. The van der Waals surface area contributed by atoms with Crippen molar-refractivity contribution in [3.05, 3.63) is 77.5 Å². The topological polar surface area (TPSA) is 79.5 Å². The number of fused-ring (bicyclic) bond motifs is 1. The van der Waals surface area contributed by atoms with Crippen molar-refractivity contribution in [3.63, 3.8) is 0 Å². The number of carbonyl (C=O) groups excluding carboxylic acids is 2. The fourth-order valence-electron chi connectivity index (χ4n) is 3.70. The third-order valence-electron chi connectivity index (χ3n) is 5.14. The van der Waals surface area contributed by atoms with E-state index in [1.807, 2.05) is 48.7 Å². The van der Waals surface area contributed by atoms with E-state index in [0.717, 1.165) is 11.1 Å². The van der Waals surface area contributed by atoms with E-state index in [1.54, 1.807) is 29.2 Å². The van der Waals surface area contributed by atoms with Crippen LogP contribution in [-0.2, 0) is 11.3 Å². The Morgan fingerprint density at radius 2 is 1.93 bits per heavy atom. The number of para-hydroxylation sites is 1. The SMILES string of the molecule is Cc1cccc(-c2noc(CN3C(=O)N(c4ccccc4)C(=O)C4SC=CC43)n2)c1. The van der Waals surface area contributed by atoms with Gasteiger partial charge in [-0.3, -0.25) is 4.79 Å². The minimum Gasteiger partial charge on any atom is -0.337 e. The lowest BCUT2D eigenvalue weighted by Crippen LogP contribution is -2.61. The molecule has 2 unspecified atom stereocenters. The molecule has 0 radical (unpaired) electrons. The van der Waals surface area contributed by atoms with Crippen LogP contribution < -0.4 is 4.90 Å². The quantitative estimate of drug-likeness (QED) is 0.637. The highest BCUT2D eigenvalue weighted by molar-refractivity contribution is 8.03. The van der Waals surface area contributed by atoms with Crippen molar-refractivity contribution in [2.24, 2.45) is 0 Å². The monoisotopic (exact) mass is 418 g/mol. The lowest BCUT2D eigenvalue weighted by molar-refractivity contribution is -0.119. The maximum atomic E-state index is 13.3. The average Bonchev–Trinajstić information content (AvgIpc) is 3.42. The molecule has 2 aromatic carbocycles. The highest BCUT2D eigenvalue weighted by atomic mass is 32.2. The number of imide groups is 1. The molecule has 8 heteroatoms. The maximum absolute atomic E-state index is 13.3. The molecule has 2 atom stereocenters. The third-order valence-corrected chi connectivity index (χ3v) is 6.22. The molecule has 2 aliphatic heterocycles. The van der Waals surface area contributed by atoms with Gasteiger partial charge in [0.1, 0.15) is 11.8 Å². The molecule has 0 N–H and O–H groups in total. The van der Waals surface area contributed by atoms with Crippen LogP contribution >= 0.6 is 11.8 Å². The van der Waals surface area contributed by atoms with Gasteiger partial charge in [-0.25, -0.2) is 9.69 Å². The predicted octanol–water partition coefficient (Wildman–Crippen LogP) is 4.01. The Labute approximate surface area is 177 Å². The zero-order chi connectivity index (χ0) is 20.7. The van der Waals surface area contributed by atoms with E-state index in [0.29, 0.717) is 17.4 Å². The maximum Gasteiger partial charge on any atom is 0.332 e. The van der Waals surface area contributed by atoms with Crippen LogP contribution in [0.25, 0.3) is 11.4 Å². The van der Waals surface area contributed by atoms with Crippen molar-refractivity contribution in [3.8, 4) is 11.4 Å². The van der Waals surface area contributed by atoms with Crippen LogP contribution in [0.5, 0.6) is 0 Å². The van der Waals surface area contributed by atoms with Crippen molar-refractivity contribution >= 4 is 29.4 Å². The minimum absolute atomic E-state index is 0.125. The van der Waals surface area contributed by atoms with Crippen molar-refractivity contribution in [1.29, 1.82) is 0 Å². The van der Waals surface area contributed by atoms with Gasteiger partial charge in [-0.05, 0) is 30.5 Å². The van der Waals surface area contributed by atoms with Crippen LogP contribution in [0.1, 0.15) is 11.5 Å². The summed E-state index contributed by atoms with van der Waals surface area (Å²) in [7, 11) is 0. The molecule has 1 fully saturated rings. The Morgan fingerprint density at radius 3 is 2.73 bits per heavy atom. The molecule has 2 aliphatic rings. The number of hydrogen-bond donors (Lipinski definition) is 0. The number of carbonyl (C=O) groups is 2. The van der Waals surface area contributed by atoms with E-state index < -0.39 is 6.03 Å². The number of nitrogens with zero attached hydrogens (tertiary/aromatic N) is 4. The van der Waals surface area contributed by atoms with Gasteiger partial charge in [-0.2, -0.15) is 4.98 Å². The molecular weight excluding hydrogens is 400 g/mol. The number of anilines is 1. The number of rotatable bonds is 4. The van der Waals surface area contributed by atoms with E-state index in [4.69, 9.17) is 4.52 Å². The van der Waals surface area contributed by atoms with E-state index in [1.165, 1.54) is 16.7 Å². The average molecular weight is 418 g/mol. The number of hydrogen-bond acceptors (Lipinski definition) is 6. The van der Waals surface area contributed by atoms with Gasteiger partial charge in [0, 0.05) is 5.56 Å². The van der Waals surface area contributed by atoms with Gasteiger partial charge >= 0.3 is 6.03 Å². The zero-order valence-corrected chi connectivity index (χ0v) is 17.0. The van der Waals surface area contributed by atoms with E-state index in [-0.39, 0.29) is 23.7 Å². The number of aromatic nitrogens is 2. The molecule has 0 aliphatic carbocycles. The van der Waals surface area contributed by atoms with Crippen LogP contribution in [0.15, 0.2) is 70.6 Å². The summed E-state index contributed by atoms with van der Waals surface area (Å²) in [4.78, 5) is 33.6. The summed E-state index contributed by atoms with van der Waals surface area (Å²) in [6.45, 7) is 2.12. The molecule has 30 heavy (non-hydrogen) atoms. The van der Waals surface area contributed by atoms with Crippen molar-refractivity contribution in [2.45, 2.75) is 24.8 Å². The van der Waals surface area contributed by atoms with Gasteiger partial charge in [0.2, 0.25) is 11.7 Å². The number of benzene rings is 2. The first-order valence-electron chi connectivity index (χ1n) is 9.53. The highest BCUT2D eigenvalue weighted by Crippen LogP contribution is 2.37. The van der Waals surface area contributed by atoms with Crippen LogP contribution in [0.3, 0.4) is 0 Å². The Morgan fingerprint density at radius 1 is 1.10 bits per heavy atom.